The normalized spacial score (nSPS) is 16.2. The van der Waals surface area contributed by atoms with Crippen molar-refractivity contribution in [2.24, 2.45) is 0 Å². The molecule has 19 heavy (non-hydrogen) atoms. The van der Waals surface area contributed by atoms with Crippen LogP contribution in [0.25, 0.3) is 0 Å². The maximum Gasteiger partial charge on any atom is 0.244 e. The maximum atomic E-state index is 12.7. The van der Waals surface area contributed by atoms with E-state index in [1.165, 1.54) is 11.3 Å². The van der Waals surface area contributed by atoms with Crippen molar-refractivity contribution in [3.8, 4) is 0 Å². The maximum absolute atomic E-state index is 12.7. The second-order valence-corrected chi connectivity index (χ2v) is 8.37. The summed E-state index contributed by atoms with van der Waals surface area (Å²) in [6, 6.07) is 1.94. The molecule has 0 aromatic carbocycles. The van der Waals surface area contributed by atoms with Crippen LogP contribution in [0.1, 0.15) is 35.4 Å². The molecule has 0 radical (unpaired) electrons. The summed E-state index contributed by atoms with van der Waals surface area (Å²) < 4.78 is 27.1. The highest BCUT2D eigenvalue weighted by Crippen LogP contribution is 2.35. The highest BCUT2D eigenvalue weighted by atomic mass is 32.2. The highest BCUT2D eigenvalue weighted by Gasteiger charge is 2.38. The van der Waals surface area contributed by atoms with Crippen LogP contribution in [0.5, 0.6) is 0 Å². The third-order valence-corrected chi connectivity index (χ3v) is 6.50. The Morgan fingerprint density at radius 3 is 2.53 bits per heavy atom. The lowest BCUT2D eigenvalue weighted by atomic mass is 10.3. The van der Waals surface area contributed by atoms with E-state index < -0.39 is 10.0 Å². The summed E-state index contributed by atoms with van der Waals surface area (Å²) in [5.74, 6) is 0. The molecule has 6 heteroatoms. The SMILES string of the molecule is Cc1cc(S(=O)(=O)N(CCCCO)C2CC2)c(C)s1. The van der Waals surface area contributed by atoms with Crippen LogP contribution in [0, 0.1) is 13.8 Å². The fraction of sp³-hybridized carbons (Fsp3) is 0.692. The molecule has 0 spiro atoms. The Bertz CT molecular complexity index is 532. The Hall–Kier alpha value is -0.430. The lowest BCUT2D eigenvalue weighted by Crippen LogP contribution is -2.34. The zero-order valence-corrected chi connectivity index (χ0v) is 13.1. The van der Waals surface area contributed by atoms with Crippen LogP contribution in [-0.4, -0.2) is 37.0 Å². The van der Waals surface area contributed by atoms with E-state index in [9.17, 15) is 8.42 Å². The molecule has 1 fully saturated rings. The van der Waals surface area contributed by atoms with Gasteiger partial charge in [-0.3, -0.25) is 0 Å². The van der Waals surface area contributed by atoms with E-state index in [4.69, 9.17) is 5.11 Å². The highest BCUT2D eigenvalue weighted by molar-refractivity contribution is 7.89. The van der Waals surface area contributed by atoms with E-state index in [1.54, 1.807) is 10.4 Å². The molecule has 0 unspecified atom stereocenters. The van der Waals surface area contributed by atoms with Gasteiger partial charge in [0.1, 0.15) is 0 Å². The molecule has 2 rings (SSSR count). The Morgan fingerprint density at radius 1 is 1.37 bits per heavy atom. The van der Waals surface area contributed by atoms with Crippen molar-refractivity contribution in [3.63, 3.8) is 0 Å². The molecule has 1 aliphatic carbocycles. The standard InChI is InChI=1S/C13H21NO3S2/c1-10-9-13(11(2)18-10)19(16,17)14(12-5-6-12)7-3-4-8-15/h9,12,15H,3-8H2,1-2H3. The Morgan fingerprint density at radius 2 is 2.05 bits per heavy atom. The number of rotatable bonds is 7. The summed E-state index contributed by atoms with van der Waals surface area (Å²) in [5.41, 5.74) is 0. The van der Waals surface area contributed by atoms with Crippen molar-refractivity contribution < 1.29 is 13.5 Å². The Balaban J connectivity index is 2.21. The van der Waals surface area contributed by atoms with Gasteiger partial charge in [0.25, 0.3) is 0 Å². The molecule has 0 saturated heterocycles. The van der Waals surface area contributed by atoms with Gasteiger partial charge in [0.05, 0.1) is 4.90 Å². The molecule has 0 aliphatic heterocycles. The summed E-state index contributed by atoms with van der Waals surface area (Å²) in [6.07, 6.45) is 3.29. The molecule has 1 N–H and O–H groups in total. The molecular weight excluding hydrogens is 282 g/mol. The number of thiophene rings is 1. The van der Waals surface area contributed by atoms with E-state index >= 15 is 0 Å². The minimum absolute atomic E-state index is 0.120. The third-order valence-electron chi connectivity index (χ3n) is 3.32. The van der Waals surface area contributed by atoms with E-state index in [2.05, 4.69) is 0 Å². The fourth-order valence-corrected chi connectivity index (χ4v) is 5.48. The van der Waals surface area contributed by atoms with Crippen LogP contribution in [0.2, 0.25) is 0 Å². The first-order chi connectivity index (χ1) is 8.96. The summed E-state index contributed by atoms with van der Waals surface area (Å²) >= 11 is 1.53. The molecular formula is C13H21NO3S2. The molecule has 0 bridgehead atoms. The molecule has 1 heterocycles. The van der Waals surface area contributed by atoms with Crippen LogP contribution >= 0.6 is 11.3 Å². The molecule has 4 nitrogen and oxygen atoms in total. The van der Waals surface area contributed by atoms with Crippen molar-refractivity contribution in [2.45, 2.75) is 50.5 Å². The average Bonchev–Trinajstić information content (AvgIpc) is 3.09. The lowest BCUT2D eigenvalue weighted by Gasteiger charge is -2.21. The van der Waals surface area contributed by atoms with E-state index in [1.807, 2.05) is 13.8 Å². The minimum atomic E-state index is -3.37. The lowest BCUT2D eigenvalue weighted by molar-refractivity contribution is 0.275. The van der Waals surface area contributed by atoms with Gasteiger partial charge in [-0.1, -0.05) is 0 Å². The minimum Gasteiger partial charge on any atom is -0.396 e. The summed E-state index contributed by atoms with van der Waals surface area (Å²) in [5, 5.41) is 8.83. The van der Waals surface area contributed by atoms with Gasteiger partial charge in [-0.2, -0.15) is 4.31 Å². The summed E-state index contributed by atoms with van der Waals surface area (Å²) in [7, 11) is -3.37. The van der Waals surface area contributed by atoms with Crippen molar-refractivity contribution in [3.05, 3.63) is 15.8 Å². The summed E-state index contributed by atoms with van der Waals surface area (Å²) in [4.78, 5) is 2.36. The van der Waals surface area contributed by atoms with E-state index in [0.717, 1.165) is 22.6 Å². The van der Waals surface area contributed by atoms with Crippen molar-refractivity contribution >= 4 is 21.4 Å². The smallest absolute Gasteiger partial charge is 0.244 e. The van der Waals surface area contributed by atoms with Crippen LogP contribution in [-0.2, 0) is 10.0 Å². The first kappa shape index (κ1) is 15.0. The summed E-state index contributed by atoms with van der Waals surface area (Å²) in [6.45, 7) is 4.43. The molecule has 1 saturated carbocycles. The number of aliphatic hydroxyl groups is 1. The number of unbranched alkanes of at least 4 members (excludes halogenated alkanes) is 1. The van der Waals surface area contributed by atoms with Crippen LogP contribution in [0.3, 0.4) is 0 Å². The monoisotopic (exact) mass is 303 g/mol. The zero-order valence-electron chi connectivity index (χ0n) is 11.4. The van der Waals surface area contributed by atoms with E-state index in [0.29, 0.717) is 24.3 Å². The fourth-order valence-electron chi connectivity index (χ4n) is 2.23. The van der Waals surface area contributed by atoms with Gasteiger partial charge in [-0.25, -0.2) is 8.42 Å². The van der Waals surface area contributed by atoms with Gasteiger partial charge in [0, 0.05) is 28.9 Å². The van der Waals surface area contributed by atoms with Crippen molar-refractivity contribution in [1.82, 2.24) is 4.31 Å². The van der Waals surface area contributed by atoms with Gasteiger partial charge < -0.3 is 5.11 Å². The average molecular weight is 303 g/mol. The van der Waals surface area contributed by atoms with Gasteiger partial charge in [-0.05, 0) is 45.6 Å². The number of hydrogen-bond acceptors (Lipinski definition) is 4. The number of aryl methyl sites for hydroxylation is 2. The largest absolute Gasteiger partial charge is 0.396 e. The van der Waals surface area contributed by atoms with Crippen LogP contribution in [0.4, 0.5) is 0 Å². The molecule has 1 aliphatic rings. The van der Waals surface area contributed by atoms with E-state index in [-0.39, 0.29) is 12.6 Å². The molecule has 1 aromatic rings. The first-order valence-electron chi connectivity index (χ1n) is 6.66. The predicted octanol–water partition coefficient (Wildman–Crippen LogP) is 2.29. The Labute approximate surface area is 119 Å². The van der Waals surface area contributed by atoms with Gasteiger partial charge in [0.2, 0.25) is 10.0 Å². The predicted molar refractivity (Wildman–Crippen MR) is 77.0 cm³/mol. The molecule has 0 atom stereocenters. The molecule has 1 aromatic heterocycles. The Kier molecular flexibility index (Phi) is 4.66. The second kappa shape index (κ2) is 5.91. The van der Waals surface area contributed by atoms with Crippen LogP contribution < -0.4 is 0 Å². The second-order valence-electron chi connectivity index (χ2n) is 5.06. The van der Waals surface area contributed by atoms with Gasteiger partial charge in [-0.15, -0.1) is 11.3 Å². The third kappa shape index (κ3) is 3.37. The van der Waals surface area contributed by atoms with Gasteiger partial charge in [0.15, 0.2) is 0 Å². The zero-order chi connectivity index (χ0) is 14.0. The number of hydrogen-bond donors (Lipinski definition) is 1. The van der Waals surface area contributed by atoms with Crippen LogP contribution in [0.15, 0.2) is 11.0 Å². The number of sulfonamides is 1. The number of aliphatic hydroxyl groups excluding tert-OH is 1. The van der Waals surface area contributed by atoms with Crippen molar-refractivity contribution in [1.29, 1.82) is 0 Å². The quantitative estimate of drug-likeness (QED) is 0.786. The topological polar surface area (TPSA) is 57.6 Å². The van der Waals surface area contributed by atoms with Crippen molar-refractivity contribution in [2.75, 3.05) is 13.2 Å². The van der Waals surface area contributed by atoms with Gasteiger partial charge >= 0.3 is 0 Å². The number of nitrogens with zero attached hydrogens (tertiary/aromatic N) is 1. The first-order valence-corrected chi connectivity index (χ1v) is 8.92. The molecule has 0 amide bonds. The molecule has 108 valence electrons.